The minimum Gasteiger partial charge on any atom is -0.456 e. The van der Waals surface area contributed by atoms with Gasteiger partial charge in [0, 0.05) is 37.9 Å². The quantitative estimate of drug-likeness (QED) is 0.187. The molecule has 0 unspecified atom stereocenters. The van der Waals surface area contributed by atoms with Crippen molar-refractivity contribution in [3.8, 4) is 39.9 Å². The lowest BCUT2D eigenvalue weighted by molar-refractivity contribution is 0.669. The van der Waals surface area contributed by atoms with E-state index in [1.165, 1.54) is 4.57 Å². The topological polar surface area (TPSA) is 69.9 Å². The number of hydrogen-bond donors (Lipinski definition) is 0. The van der Waals surface area contributed by atoms with Crippen LogP contribution < -0.4 is 0 Å². The molecule has 0 amide bonds. The molecule has 11 rings (SSSR count). The highest BCUT2D eigenvalue weighted by Crippen LogP contribution is 2.41. The van der Waals surface area contributed by atoms with Crippen molar-refractivity contribution in [2.24, 2.45) is 0 Å². The molecule has 0 fully saturated rings. The zero-order chi connectivity index (χ0) is 42.2. The average molecular weight is 665 g/mol. The van der Waals surface area contributed by atoms with E-state index in [0.29, 0.717) is 22.3 Å². The molecule has 0 bridgehead atoms. The van der Waals surface area contributed by atoms with E-state index >= 15 is 0 Å². The van der Waals surface area contributed by atoms with E-state index in [1.807, 2.05) is 91.0 Å². The van der Waals surface area contributed by atoms with Crippen LogP contribution in [0.4, 0.5) is 0 Å². The van der Waals surface area contributed by atoms with Gasteiger partial charge in [-0.1, -0.05) is 121 Å². The maximum atomic E-state index is 9.48. The minimum absolute atomic E-state index is 0.00942. The van der Waals surface area contributed by atoms with Gasteiger partial charge in [0.2, 0.25) is 5.95 Å². The van der Waals surface area contributed by atoms with Crippen LogP contribution in [0.3, 0.4) is 0 Å². The molecule has 6 nitrogen and oxygen atoms in total. The zero-order valence-corrected chi connectivity index (χ0v) is 26.3. The standard InChI is InChI=1S/C45H26N4O2/c1-2-11-27(12-3-1)28-21-23-29(24-22-28)43-46-44(34-17-10-16-31-30-13-5-8-19-37(30)51-42(31)34)48-45(47-43)49-35-18-7-4-14-32(35)40-36(49)25-26-39-41(40)33-15-6-9-20-38(33)50-39/h1-26H/i4D,6D,7D,9D,14D,15D,18D,20D,25D,26D. The molecule has 0 spiro atoms. The Kier molecular flexibility index (Phi) is 4.17. The van der Waals surface area contributed by atoms with E-state index in [2.05, 4.69) is 0 Å². The largest absolute Gasteiger partial charge is 0.456 e. The molecule has 0 aliphatic rings. The van der Waals surface area contributed by atoms with Gasteiger partial charge in [0.25, 0.3) is 0 Å². The summed E-state index contributed by atoms with van der Waals surface area (Å²) in [5.41, 5.74) is 3.43. The van der Waals surface area contributed by atoms with Crippen LogP contribution in [0.25, 0.3) is 106 Å². The highest BCUT2D eigenvalue weighted by atomic mass is 16.3. The Morgan fingerprint density at radius 3 is 2.08 bits per heavy atom. The molecular weight excluding hydrogens is 629 g/mol. The van der Waals surface area contributed by atoms with Gasteiger partial charge in [-0.25, -0.2) is 4.98 Å². The number of fused-ring (bicyclic) bond motifs is 10. The summed E-state index contributed by atoms with van der Waals surface area (Å²) in [4.78, 5) is 14.9. The zero-order valence-electron chi connectivity index (χ0n) is 36.3. The fraction of sp³-hybridized carbons (Fsp3) is 0. The summed E-state index contributed by atoms with van der Waals surface area (Å²) in [7, 11) is 0. The smallest absolute Gasteiger partial charge is 0.238 e. The molecule has 6 heteroatoms. The first kappa shape index (κ1) is 19.8. The molecule has 0 aliphatic carbocycles. The van der Waals surface area contributed by atoms with Crippen molar-refractivity contribution in [3.05, 3.63) is 157 Å². The Labute approximate surface area is 304 Å². The molecule has 0 radical (unpaired) electrons. The van der Waals surface area contributed by atoms with Crippen molar-refractivity contribution < 1.29 is 22.5 Å². The van der Waals surface area contributed by atoms with Crippen LogP contribution in [-0.4, -0.2) is 19.5 Å². The summed E-state index contributed by atoms with van der Waals surface area (Å²) in [5, 5.41) is 1.50. The Morgan fingerprint density at radius 1 is 0.451 bits per heavy atom. The molecule has 0 N–H and O–H groups in total. The number of nitrogens with zero attached hydrogens (tertiary/aromatic N) is 4. The van der Waals surface area contributed by atoms with Crippen molar-refractivity contribution >= 4 is 65.7 Å². The number of aromatic nitrogens is 4. The molecule has 7 aromatic carbocycles. The number of benzene rings is 7. The maximum absolute atomic E-state index is 9.48. The lowest BCUT2D eigenvalue weighted by Gasteiger charge is -2.11. The van der Waals surface area contributed by atoms with Crippen molar-refractivity contribution in [1.29, 1.82) is 0 Å². The summed E-state index contributed by atoms with van der Waals surface area (Å²) in [6, 6.07) is 25.4. The fourth-order valence-electron chi connectivity index (χ4n) is 6.90. The monoisotopic (exact) mass is 664 g/mol. The van der Waals surface area contributed by atoms with Gasteiger partial charge in [-0.05, 0) is 47.4 Å². The third-order valence-corrected chi connectivity index (χ3v) is 9.20. The summed E-state index contributed by atoms with van der Waals surface area (Å²) >= 11 is 0. The first-order valence-electron chi connectivity index (χ1n) is 21.1. The van der Waals surface area contributed by atoms with Gasteiger partial charge in [0.05, 0.1) is 30.3 Å². The number of para-hydroxylation sites is 4. The van der Waals surface area contributed by atoms with Gasteiger partial charge < -0.3 is 8.83 Å². The van der Waals surface area contributed by atoms with Crippen LogP contribution in [0, 0.1) is 0 Å². The molecule has 4 aromatic heterocycles. The lowest BCUT2D eigenvalue weighted by Crippen LogP contribution is -2.06. The molecule has 4 heterocycles. The second-order valence-electron chi connectivity index (χ2n) is 12.0. The normalized spacial score (nSPS) is 14.7. The van der Waals surface area contributed by atoms with Crippen LogP contribution in [0.5, 0.6) is 0 Å². The SMILES string of the molecule is [2H]c1c([2H])c([2H])c2c(oc3c([2H])c([2H])c4c(c5c([2H])c([2H])c([2H])c([2H])c5n4-c4nc(-c5ccc(-c6ccccc6)cc5)nc(-c5cccc6c5oc5ccccc56)n4)c32)c1[2H]. The van der Waals surface area contributed by atoms with Gasteiger partial charge in [0.15, 0.2) is 11.6 Å². The second-order valence-corrected chi connectivity index (χ2v) is 12.0. The van der Waals surface area contributed by atoms with E-state index < -0.39 is 60.4 Å². The highest BCUT2D eigenvalue weighted by Gasteiger charge is 2.22. The van der Waals surface area contributed by atoms with E-state index in [4.69, 9.17) is 32.0 Å². The van der Waals surface area contributed by atoms with E-state index in [9.17, 15) is 5.48 Å². The van der Waals surface area contributed by atoms with Crippen LogP contribution in [0.2, 0.25) is 0 Å². The molecule has 0 atom stereocenters. The van der Waals surface area contributed by atoms with Gasteiger partial charge >= 0.3 is 0 Å². The molecule has 0 saturated carbocycles. The molecular formula is C45H26N4O2. The van der Waals surface area contributed by atoms with Crippen LogP contribution in [0.15, 0.2) is 166 Å². The van der Waals surface area contributed by atoms with Crippen LogP contribution in [-0.2, 0) is 0 Å². The Hall–Kier alpha value is -7.05. The first-order chi connectivity index (χ1) is 29.4. The first-order valence-corrected chi connectivity index (χ1v) is 16.1. The number of rotatable bonds is 4. The summed E-state index contributed by atoms with van der Waals surface area (Å²) in [5.74, 6) is 0.187. The number of hydrogen-bond acceptors (Lipinski definition) is 5. The Balaban J connectivity index is 1.30. The van der Waals surface area contributed by atoms with Crippen molar-refractivity contribution in [3.63, 3.8) is 0 Å². The van der Waals surface area contributed by atoms with Gasteiger partial charge in [-0.2, -0.15) is 9.97 Å². The van der Waals surface area contributed by atoms with Crippen LogP contribution >= 0.6 is 0 Å². The average Bonchev–Trinajstić information content (AvgIpc) is 3.99. The van der Waals surface area contributed by atoms with E-state index in [1.54, 1.807) is 6.07 Å². The third-order valence-electron chi connectivity index (χ3n) is 9.20. The van der Waals surface area contributed by atoms with Crippen LogP contribution in [0.1, 0.15) is 13.7 Å². The predicted molar refractivity (Wildman–Crippen MR) is 205 cm³/mol. The van der Waals surface area contributed by atoms with Crippen molar-refractivity contribution in [2.45, 2.75) is 0 Å². The number of furan rings is 2. The molecule has 238 valence electrons. The summed E-state index contributed by atoms with van der Waals surface area (Å²) in [6.07, 6.45) is 0. The Bertz CT molecular complexity index is 3710. The predicted octanol–water partition coefficient (Wildman–Crippen LogP) is 11.8. The van der Waals surface area contributed by atoms with Gasteiger partial charge in [0.1, 0.15) is 22.3 Å². The fourth-order valence-corrected chi connectivity index (χ4v) is 6.90. The van der Waals surface area contributed by atoms with E-state index in [0.717, 1.165) is 21.9 Å². The molecule has 11 aromatic rings. The summed E-state index contributed by atoms with van der Waals surface area (Å²) < 4.78 is 103. The van der Waals surface area contributed by atoms with Crippen molar-refractivity contribution in [1.82, 2.24) is 19.5 Å². The lowest BCUT2D eigenvalue weighted by atomic mass is 10.0. The van der Waals surface area contributed by atoms with Crippen molar-refractivity contribution in [2.75, 3.05) is 0 Å². The third kappa shape index (κ3) is 4.20. The second kappa shape index (κ2) is 10.7. The Morgan fingerprint density at radius 2 is 1.18 bits per heavy atom. The summed E-state index contributed by atoms with van der Waals surface area (Å²) in [6.45, 7) is 0. The minimum atomic E-state index is -0.576. The van der Waals surface area contributed by atoms with Gasteiger partial charge in [-0.3, -0.25) is 4.57 Å². The maximum Gasteiger partial charge on any atom is 0.238 e. The highest BCUT2D eigenvalue weighted by molar-refractivity contribution is 6.27. The molecule has 0 saturated heterocycles. The molecule has 51 heavy (non-hydrogen) atoms. The van der Waals surface area contributed by atoms with E-state index in [-0.39, 0.29) is 61.3 Å². The van der Waals surface area contributed by atoms with Gasteiger partial charge in [-0.15, -0.1) is 0 Å². The molecule has 0 aliphatic heterocycles.